The third-order valence-corrected chi connectivity index (χ3v) is 18.3. The van der Waals surface area contributed by atoms with Crippen LogP contribution in [0.4, 0.5) is 0 Å². The van der Waals surface area contributed by atoms with Crippen LogP contribution >= 0.6 is 22.2 Å². The molecule has 0 radical (unpaired) electrons. The van der Waals surface area contributed by atoms with Gasteiger partial charge in [-0.25, -0.2) is 0 Å². The van der Waals surface area contributed by atoms with Crippen molar-refractivity contribution in [3.63, 3.8) is 0 Å². The van der Waals surface area contributed by atoms with Crippen LogP contribution in [0.1, 0.15) is 65.2 Å². The lowest BCUT2D eigenvalue weighted by molar-refractivity contribution is 0.507. The van der Waals surface area contributed by atoms with Gasteiger partial charge in [0.25, 0.3) is 15.3 Å². The van der Waals surface area contributed by atoms with Gasteiger partial charge in [-0.2, -0.15) is 0 Å². The maximum absolute atomic E-state index is 7.04. The van der Waals surface area contributed by atoms with Gasteiger partial charge in [0, 0.05) is 0 Å². The van der Waals surface area contributed by atoms with Gasteiger partial charge in [-0.05, 0) is 48.9 Å². The van der Waals surface area contributed by atoms with E-state index < -0.39 is 15.3 Å². The first kappa shape index (κ1) is 16.3. The Morgan fingerprint density at radius 3 is 1.37 bits per heavy atom. The summed E-state index contributed by atoms with van der Waals surface area (Å²) in [6.07, 6.45) is 10.4. The molecule has 0 aromatic rings. The van der Waals surface area contributed by atoms with Crippen LogP contribution in [0.15, 0.2) is 0 Å². The fourth-order valence-corrected chi connectivity index (χ4v) is 16.5. The van der Waals surface area contributed by atoms with E-state index in [0.29, 0.717) is 11.1 Å². The van der Waals surface area contributed by atoms with Gasteiger partial charge in [0.05, 0.1) is 0 Å². The molecule has 2 aliphatic rings. The van der Waals surface area contributed by atoms with Gasteiger partial charge in [0.2, 0.25) is 0 Å². The van der Waals surface area contributed by atoms with E-state index in [9.17, 15) is 0 Å². The number of hydrogen-bond donors (Lipinski definition) is 0. The third-order valence-electron chi connectivity index (χ3n) is 5.23. The molecule has 2 unspecified atom stereocenters. The van der Waals surface area contributed by atoms with Crippen molar-refractivity contribution in [3.05, 3.63) is 0 Å². The first-order valence-corrected chi connectivity index (χ1v) is 14.5. The Bertz CT molecular complexity index is 265. The minimum absolute atomic E-state index is 0.651. The van der Waals surface area contributed by atoms with E-state index in [1.165, 1.54) is 51.4 Å². The fraction of sp³-hybridized carbons (Fsp3) is 1.00. The molecule has 2 fully saturated rings. The molecule has 0 aliphatic heterocycles. The molecule has 0 bridgehead atoms. The zero-order valence-corrected chi connectivity index (χ0v) is 15.9. The van der Waals surface area contributed by atoms with Crippen molar-refractivity contribution in [1.29, 1.82) is 0 Å². The molecule has 0 aromatic heterocycles. The van der Waals surface area contributed by atoms with E-state index in [4.69, 9.17) is 26.3 Å². The summed E-state index contributed by atoms with van der Waals surface area (Å²) in [5, 5.41) is 0. The Labute approximate surface area is 130 Å². The predicted molar refractivity (Wildman–Crippen MR) is 89.7 cm³/mol. The summed E-state index contributed by atoms with van der Waals surface area (Å²) in [5.74, 6) is 0. The van der Waals surface area contributed by atoms with Gasteiger partial charge in [-0.15, -0.1) is 22.2 Å². The molecule has 2 aliphatic carbocycles. The molecule has 2 saturated carbocycles. The van der Waals surface area contributed by atoms with E-state index in [2.05, 4.69) is 13.8 Å². The highest BCUT2D eigenvalue weighted by Gasteiger charge is 2.51. The Morgan fingerprint density at radius 1 is 0.789 bits per heavy atom. The molecule has 0 spiro atoms. The quantitative estimate of drug-likeness (QED) is 0.408. The highest BCUT2D eigenvalue weighted by atomic mass is 35.6. The first-order valence-electron chi connectivity index (χ1n) is 8.12. The summed E-state index contributed by atoms with van der Waals surface area (Å²) >= 11 is 14.1. The molecule has 2 atom stereocenters. The SMILES string of the molecule is CC[Si](Cl)(O[Si](Cl)(CC)C1CCCC1)C1CCCC1. The second kappa shape index (κ2) is 6.82. The lowest BCUT2D eigenvalue weighted by Gasteiger charge is -2.40. The van der Waals surface area contributed by atoms with Crippen LogP contribution in [-0.2, 0) is 4.12 Å². The molecular weight excluding hydrogens is 311 g/mol. The van der Waals surface area contributed by atoms with Crippen LogP contribution in [0.3, 0.4) is 0 Å². The van der Waals surface area contributed by atoms with Gasteiger partial charge in [-0.1, -0.05) is 39.5 Å². The number of hydrogen-bond acceptors (Lipinski definition) is 1. The van der Waals surface area contributed by atoms with E-state index in [-0.39, 0.29) is 0 Å². The Balaban J connectivity index is 2.09. The Hall–Kier alpha value is 0.974. The zero-order chi connectivity index (χ0) is 13.9. The van der Waals surface area contributed by atoms with E-state index in [0.717, 1.165) is 12.1 Å². The van der Waals surface area contributed by atoms with Crippen molar-refractivity contribution in [2.24, 2.45) is 0 Å². The predicted octanol–water partition coefficient (Wildman–Crippen LogP) is 6.29. The molecule has 2 rings (SSSR count). The van der Waals surface area contributed by atoms with Gasteiger partial charge < -0.3 is 4.12 Å². The molecule has 5 heteroatoms. The minimum Gasteiger partial charge on any atom is -0.432 e. The van der Waals surface area contributed by atoms with Crippen LogP contribution < -0.4 is 0 Å². The maximum Gasteiger partial charge on any atom is 0.283 e. The fourth-order valence-electron chi connectivity index (χ4n) is 3.88. The van der Waals surface area contributed by atoms with E-state index in [1.807, 2.05) is 0 Å². The molecule has 0 saturated heterocycles. The molecule has 19 heavy (non-hydrogen) atoms. The lowest BCUT2D eigenvalue weighted by atomic mass is 10.4. The molecule has 112 valence electrons. The minimum atomic E-state index is -2.11. The largest absolute Gasteiger partial charge is 0.432 e. The molecule has 0 heterocycles. The smallest absolute Gasteiger partial charge is 0.283 e. The van der Waals surface area contributed by atoms with Crippen LogP contribution in [-0.4, -0.2) is 15.3 Å². The number of rotatable bonds is 6. The third kappa shape index (κ3) is 3.60. The summed E-state index contributed by atoms with van der Waals surface area (Å²) in [6.45, 7) is 4.43. The molecule has 0 N–H and O–H groups in total. The lowest BCUT2D eigenvalue weighted by Crippen LogP contribution is -2.49. The second-order valence-corrected chi connectivity index (χ2v) is 17.2. The second-order valence-electron chi connectivity index (χ2n) is 6.34. The summed E-state index contributed by atoms with van der Waals surface area (Å²) in [6, 6.07) is 2.04. The van der Waals surface area contributed by atoms with Crippen molar-refractivity contribution < 1.29 is 4.12 Å². The molecule has 1 nitrogen and oxygen atoms in total. The highest BCUT2D eigenvalue weighted by molar-refractivity contribution is 7.27. The first-order chi connectivity index (χ1) is 9.04. The van der Waals surface area contributed by atoms with Crippen molar-refractivity contribution in [1.82, 2.24) is 0 Å². The highest BCUT2D eigenvalue weighted by Crippen LogP contribution is 2.50. The monoisotopic (exact) mass is 338 g/mol. The van der Waals surface area contributed by atoms with Crippen LogP contribution in [0.2, 0.25) is 23.2 Å². The van der Waals surface area contributed by atoms with E-state index >= 15 is 0 Å². The number of halogens is 2. The summed E-state index contributed by atoms with van der Waals surface area (Å²) in [7, 11) is -4.22. The molecule has 0 aromatic carbocycles. The van der Waals surface area contributed by atoms with Gasteiger partial charge in [0.15, 0.2) is 0 Å². The molecular formula is C14H28Cl2OSi2. The van der Waals surface area contributed by atoms with Crippen molar-refractivity contribution in [3.8, 4) is 0 Å². The maximum atomic E-state index is 7.04. The normalized spacial score (nSPS) is 28.4. The summed E-state index contributed by atoms with van der Waals surface area (Å²) in [4.78, 5) is 0. The van der Waals surface area contributed by atoms with Gasteiger partial charge in [-0.3, -0.25) is 0 Å². The van der Waals surface area contributed by atoms with Gasteiger partial charge >= 0.3 is 0 Å². The Morgan fingerprint density at radius 2 is 1.11 bits per heavy atom. The Kier molecular flexibility index (Phi) is 5.87. The van der Waals surface area contributed by atoms with Crippen molar-refractivity contribution >= 4 is 37.4 Å². The van der Waals surface area contributed by atoms with E-state index in [1.54, 1.807) is 0 Å². The topological polar surface area (TPSA) is 9.23 Å². The van der Waals surface area contributed by atoms with Crippen molar-refractivity contribution in [2.75, 3.05) is 0 Å². The summed E-state index contributed by atoms with van der Waals surface area (Å²) in [5.41, 5.74) is 1.30. The molecule has 0 amide bonds. The van der Waals surface area contributed by atoms with Crippen molar-refractivity contribution in [2.45, 2.75) is 88.4 Å². The average molecular weight is 339 g/mol. The summed E-state index contributed by atoms with van der Waals surface area (Å²) < 4.78 is 6.70. The van der Waals surface area contributed by atoms with Gasteiger partial charge in [0.1, 0.15) is 0 Å². The van der Waals surface area contributed by atoms with Crippen LogP contribution in [0.25, 0.3) is 0 Å². The van der Waals surface area contributed by atoms with Crippen LogP contribution in [0, 0.1) is 0 Å². The average Bonchev–Trinajstić information content (AvgIpc) is 3.10. The standard InChI is InChI=1S/C14H28Cl2OSi2/c1-3-18(15,13-9-5-6-10-13)17-19(16,4-2)14-11-7-8-12-14/h13-14H,3-12H2,1-2H3. The van der Waals surface area contributed by atoms with Crippen LogP contribution in [0.5, 0.6) is 0 Å². The zero-order valence-electron chi connectivity index (χ0n) is 12.4.